The van der Waals surface area contributed by atoms with Gasteiger partial charge in [-0.2, -0.15) is 0 Å². The molecule has 1 fully saturated rings. The van der Waals surface area contributed by atoms with Crippen LogP contribution in [-0.4, -0.2) is 6.04 Å². The first-order valence-electron chi connectivity index (χ1n) is 7.47. The Balaban J connectivity index is 2.00. The molecule has 0 bridgehead atoms. The summed E-state index contributed by atoms with van der Waals surface area (Å²) in [6.45, 7) is 8.61. The molecule has 0 amide bonds. The highest BCUT2D eigenvalue weighted by Crippen LogP contribution is 2.30. The molecule has 1 nitrogen and oxygen atoms in total. The zero-order valence-electron chi connectivity index (χ0n) is 12.5. The predicted octanol–water partition coefficient (Wildman–Crippen LogP) is 4.61. The number of nitrogens with one attached hydrogen (secondary N) is 1. The molecule has 2 rings (SSSR count). The van der Waals surface area contributed by atoms with Crippen molar-refractivity contribution in [3.8, 4) is 0 Å². The second-order valence-electron chi connectivity index (χ2n) is 6.51. The van der Waals surface area contributed by atoms with E-state index >= 15 is 0 Å². The molecule has 1 aliphatic rings. The van der Waals surface area contributed by atoms with Crippen molar-refractivity contribution in [1.29, 1.82) is 0 Å². The lowest BCUT2D eigenvalue weighted by molar-refractivity contribution is 0.228. The quantitative estimate of drug-likeness (QED) is 0.839. The molecule has 0 aromatic heterocycles. The normalized spacial score (nSPS) is 29.2. The van der Waals surface area contributed by atoms with Gasteiger partial charge < -0.3 is 5.32 Å². The minimum Gasteiger partial charge on any atom is -0.307 e. The van der Waals surface area contributed by atoms with Crippen molar-refractivity contribution in [1.82, 2.24) is 5.32 Å². The van der Waals surface area contributed by atoms with Crippen molar-refractivity contribution < 1.29 is 4.39 Å². The molecule has 19 heavy (non-hydrogen) atoms. The van der Waals surface area contributed by atoms with Crippen LogP contribution in [0, 0.1) is 24.6 Å². The number of benzene rings is 1. The summed E-state index contributed by atoms with van der Waals surface area (Å²) in [4.78, 5) is 0. The van der Waals surface area contributed by atoms with Crippen LogP contribution in [-0.2, 0) is 0 Å². The summed E-state index contributed by atoms with van der Waals surface area (Å²) in [5.74, 6) is 1.49. The van der Waals surface area contributed by atoms with Crippen LogP contribution in [0.15, 0.2) is 18.2 Å². The van der Waals surface area contributed by atoms with E-state index in [4.69, 9.17) is 0 Å². The fourth-order valence-electron chi connectivity index (χ4n) is 3.41. The highest BCUT2D eigenvalue weighted by atomic mass is 19.1. The van der Waals surface area contributed by atoms with Gasteiger partial charge in [0, 0.05) is 12.1 Å². The summed E-state index contributed by atoms with van der Waals surface area (Å²) in [6, 6.07) is 6.36. The second kappa shape index (κ2) is 6.04. The second-order valence-corrected chi connectivity index (χ2v) is 6.51. The zero-order chi connectivity index (χ0) is 14.0. The van der Waals surface area contributed by atoms with Crippen LogP contribution in [0.2, 0.25) is 0 Å². The van der Waals surface area contributed by atoms with Crippen LogP contribution in [0.3, 0.4) is 0 Å². The topological polar surface area (TPSA) is 12.0 Å². The molecular formula is C17H26FN. The van der Waals surface area contributed by atoms with Gasteiger partial charge in [0.2, 0.25) is 0 Å². The lowest BCUT2D eigenvalue weighted by atomic mass is 9.80. The Morgan fingerprint density at radius 2 is 1.79 bits per heavy atom. The van der Waals surface area contributed by atoms with Crippen molar-refractivity contribution in [3.63, 3.8) is 0 Å². The SMILES string of the molecule is Cc1ccc(C(C)NC2CC(C)CC(C)C2)cc1F. The summed E-state index contributed by atoms with van der Waals surface area (Å²) in [6.07, 6.45) is 3.82. The number of aryl methyl sites for hydroxylation is 1. The third-order valence-electron chi connectivity index (χ3n) is 4.36. The van der Waals surface area contributed by atoms with Crippen molar-refractivity contribution in [2.24, 2.45) is 11.8 Å². The standard InChI is InChI=1S/C17H26FN/c1-11-7-12(2)9-16(8-11)19-14(4)15-6-5-13(3)17(18)10-15/h5-6,10-12,14,16,19H,7-9H2,1-4H3. The maximum absolute atomic E-state index is 13.6. The number of halogens is 1. The largest absolute Gasteiger partial charge is 0.307 e. The molecule has 1 saturated carbocycles. The predicted molar refractivity (Wildman–Crippen MR) is 78.7 cm³/mol. The minimum absolute atomic E-state index is 0.100. The Kier molecular flexibility index (Phi) is 4.62. The molecule has 0 saturated heterocycles. The van der Waals surface area contributed by atoms with E-state index in [9.17, 15) is 4.39 Å². The van der Waals surface area contributed by atoms with Gasteiger partial charge in [0.15, 0.2) is 0 Å². The third-order valence-corrected chi connectivity index (χ3v) is 4.36. The van der Waals surface area contributed by atoms with Crippen LogP contribution in [0.4, 0.5) is 4.39 Å². The Morgan fingerprint density at radius 3 is 2.37 bits per heavy atom. The molecule has 2 heteroatoms. The Bertz CT molecular complexity index is 419. The molecule has 3 atom stereocenters. The average molecular weight is 263 g/mol. The van der Waals surface area contributed by atoms with E-state index in [0.29, 0.717) is 6.04 Å². The molecule has 1 N–H and O–H groups in total. The molecular weight excluding hydrogens is 237 g/mol. The van der Waals surface area contributed by atoms with Crippen LogP contribution in [0.25, 0.3) is 0 Å². The van der Waals surface area contributed by atoms with Gasteiger partial charge in [0.05, 0.1) is 0 Å². The summed E-state index contributed by atoms with van der Waals surface area (Å²) in [5, 5.41) is 3.68. The number of rotatable bonds is 3. The van der Waals surface area contributed by atoms with E-state index in [1.807, 2.05) is 19.1 Å². The summed E-state index contributed by atoms with van der Waals surface area (Å²) in [5.41, 5.74) is 1.77. The van der Waals surface area contributed by atoms with E-state index in [1.165, 1.54) is 19.3 Å². The Hall–Kier alpha value is -0.890. The molecule has 1 aromatic carbocycles. The van der Waals surface area contributed by atoms with Gasteiger partial charge in [-0.05, 0) is 62.1 Å². The minimum atomic E-state index is -0.100. The zero-order valence-corrected chi connectivity index (χ0v) is 12.5. The summed E-state index contributed by atoms with van der Waals surface area (Å²) >= 11 is 0. The maximum atomic E-state index is 13.6. The Morgan fingerprint density at radius 1 is 1.16 bits per heavy atom. The average Bonchev–Trinajstić information content (AvgIpc) is 2.31. The van der Waals surface area contributed by atoms with E-state index in [1.54, 1.807) is 6.07 Å². The van der Waals surface area contributed by atoms with Gasteiger partial charge in [-0.15, -0.1) is 0 Å². The fourth-order valence-corrected chi connectivity index (χ4v) is 3.41. The van der Waals surface area contributed by atoms with Crippen molar-refractivity contribution in [2.45, 2.75) is 59.0 Å². The van der Waals surface area contributed by atoms with Crippen molar-refractivity contribution >= 4 is 0 Å². The smallest absolute Gasteiger partial charge is 0.126 e. The van der Waals surface area contributed by atoms with Gasteiger partial charge in [-0.1, -0.05) is 26.0 Å². The number of hydrogen-bond donors (Lipinski definition) is 1. The van der Waals surface area contributed by atoms with Crippen molar-refractivity contribution in [3.05, 3.63) is 35.1 Å². The first kappa shape index (κ1) is 14.5. The molecule has 1 aromatic rings. The third kappa shape index (κ3) is 3.79. The lowest BCUT2D eigenvalue weighted by Crippen LogP contribution is -2.37. The maximum Gasteiger partial charge on any atom is 0.126 e. The molecule has 106 valence electrons. The summed E-state index contributed by atoms with van der Waals surface area (Å²) in [7, 11) is 0. The number of hydrogen-bond acceptors (Lipinski definition) is 1. The molecule has 1 aliphatic carbocycles. The highest BCUT2D eigenvalue weighted by molar-refractivity contribution is 5.25. The van der Waals surface area contributed by atoms with Crippen LogP contribution < -0.4 is 5.32 Å². The van der Waals surface area contributed by atoms with E-state index in [0.717, 1.165) is 23.0 Å². The highest BCUT2D eigenvalue weighted by Gasteiger charge is 2.25. The molecule has 0 spiro atoms. The van der Waals surface area contributed by atoms with Gasteiger partial charge in [-0.25, -0.2) is 4.39 Å². The van der Waals surface area contributed by atoms with Crippen LogP contribution >= 0.6 is 0 Å². The first-order valence-corrected chi connectivity index (χ1v) is 7.47. The Labute approximate surface area is 116 Å². The molecule has 0 radical (unpaired) electrons. The van der Waals surface area contributed by atoms with Crippen LogP contribution in [0.5, 0.6) is 0 Å². The van der Waals surface area contributed by atoms with Crippen LogP contribution in [0.1, 0.15) is 57.2 Å². The van der Waals surface area contributed by atoms with Gasteiger partial charge >= 0.3 is 0 Å². The monoisotopic (exact) mass is 263 g/mol. The summed E-state index contributed by atoms with van der Waals surface area (Å²) < 4.78 is 13.6. The van der Waals surface area contributed by atoms with E-state index < -0.39 is 0 Å². The van der Waals surface area contributed by atoms with Gasteiger partial charge in [0.1, 0.15) is 5.82 Å². The van der Waals surface area contributed by atoms with E-state index in [-0.39, 0.29) is 11.9 Å². The van der Waals surface area contributed by atoms with E-state index in [2.05, 4.69) is 26.1 Å². The molecule has 0 heterocycles. The lowest BCUT2D eigenvalue weighted by Gasteiger charge is -2.34. The molecule has 3 unspecified atom stereocenters. The van der Waals surface area contributed by atoms with Gasteiger partial charge in [0.25, 0.3) is 0 Å². The van der Waals surface area contributed by atoms with Gasteiger partial charge in [-0.3, -0.25) is 0 Å². The first-order chi connectivity index (χ1) is 8.95. The fraction of sp³-hybridized carbons (Fsp3) is 0.647. The van der Waals surface area contributed by atoms with Crippen molar-refractivity contribution in [2.75, 3.05) is 0 Å². The molecule has 0 aliphatic heterocycles.